The van der Waals surface area contributed by atoms with Crippen LogP contribution in [0.1, 0.15) is 12.8 Å². The van der Waals surface area contributed by atoms with Gasteiger partial charge >= 0.3 is 0 Å². The summed E-state index contributed by atoms with van der Waals surface area (Å²) in [5.41, 5.74) is 0. The van der Waals surface area contributed by atoms with E-state index in [4.69, 9.17) is 4.18 Å². The van der Waals surface area contributed by atoms with Gasteiger partial charge in [0, 0.05) is 0 Å². The molecule has 3 nitrogen and oxygen atoms in total. The van der Waals surface area contributed by atoms with E-state index in [1.54, 1.807) is 18.2 Å². The van der Waals surface area contributed by atoms with E-state index in [-0.39, 0.29) is 19.1 Å². The summed E-state index contributed by atoms with van der Waals surface area (Å²) in [6.07, 6.45) is 1.49. The fourth-order valence-electron chi connectivity index (χ4n) is 1.55. The number of hydrogen-bond donors (Lipinski definition) is 0. The second-order valence-electron chi connectivity index (χ2n) is 4.19. The molecular weight excluding hydrogens is 452 g/mol. The monoisotopic (exact) mass is 460 g/mol. The number of hydrogen-bond acceptors (Lipinski definition) is 3. The third-order valence-electron chi connectivity index (χ3n) is 2.80. The Balaban J connectivity index is 1.92. The highest BCUT2D eigenvalue weighted by molar-refractivity contribution is 9.26. The largest absolute Gasteiger partial charge is 0.296 e. The average molecular weight is 463 g/mol. The van der Waals surface area contributed by atoms with Gasteiger partial charge in [-0.25, -0.2) is 0 Å². The lowest BCUT2D eigenvalue weighted by Crippen LogP contribution is -2.14. The predicted molar refractivity (Wildman–Crippen MR) is 81.1 cm³/mol. The van der Waals surface area contributed by atoms with Gasteiger partial charge in [-0.05, 0) is 25.0 Å². The first-order valence-corrected chi connectivity index (χ1v) is 9.07. The molecule has 1 atom stereocenters. The Morgan fingerprint density at radius 3 is 2.22 bits per heavy atom. The highest BCUT2D eigenvalue weighted by Gasteiger charge is 2.63. The summed E-state index contributed by atoms with van der Waals surface area (Å²) in [5, 5.41) is 0. The minimum Gasteiger partial charge on any atom is -0.266 e. The molecule has 7 heteroatoms. The lowest BCUT2D eigenvalue weighted by atomic mass is 10.3. The van der Waals surface area contributed by atoms with Crippen LogP contribution in [0, 0.1) is 0 Å². The minimum absolute atomic E-state index is 0.133. The molecule has 0 aromatic heterocycles. The molecular formula is C11H11Br3O3S. The van der Waals surface area contributed by atoms with Crippen molar-refractivity contribution in [2.45, 2.75) is 25.3 Å². The van der Waals surface area contributed by atoms with E-state index >= 15 is 0 Å². The molecule has 0 bridgehead atoms. The second kappa shape index (κ2) is 5.16. The van der Waals surface area contributed by atoms with Gasteiger partial charge in [0.2, 0.25) is 0 Å². The Morgan fingerprint density at radius 2 is 1.72 bits per heavy atom. The zero-order valence-electron chi connectivity index (χ0n) is 9.27. The van der Waals surface area contributed by atoms with Gasteiger partial charge in [0.1, 0.15) is 0 Å². The molecule has 0 radical (unpaired) electrons. The van der Waals surface area contributed by atoms with E-state index in [1.807, 2.05) is 0 Å². The minimum atomic E-state index is -3.64. The normalized spacial score (nSPS) is 25.9. The Bertz CT molecular complexity index is 530. The van der Waals surface area contributed by atoms with E-state index < -0.39 is 10.1 Å². The van der Waals surface area contributed by atoms with E-state index in [9.17, 15) is 8.42 Å². The van der Waals surface area contributed by atoms with Crippen LogP contribution in [0.15, 0.2) is 35.2 Å². The van der Waals surface area contributed by atoms with E-state index in [2.05, 4.69) is 47.8 Å². The zero-order chi connectivity index (χ0) is 13.4. The van der Waals surface area contributed by atoms with Crippen LogP contribution in [0.5, 0.6) is 0 Å². The van der Waals surface area contributed by atoms with Gasteiger partial charge in [0.25, 0.3) is 10.1 Å². The van der Waals surface area contributed by atoms with Crippen molar-refractivity contribution in [3.63, 3.8) is 0 Å². The van der Waals surface area contributed by atoms with Crippen molar-refractivity contribution in [1.29, 1.82) is 0 Å². The molecule has 2 rings (SSSR count). The van der Waals surface area contributed by atoms with E-state index in [0.717, 1.165) is 6.42 Å². The maximum Gasteiger partial charge on any atom is 0.296 e. The van der Waals surface area contributed by atoms with E-state index in [1.165, 1.54) is 12.1 Å². The lowest BCUT2D eigenvalue weighted by Gasteiger charge is -2.10. The summed E-state index contributed by atoms with van der Waals surface area (Å²) in [6, 6.07) is 8.15. The number of alkyl halides is 3. The molecule has 1 unspecified atom stereocenters. The fourth-order valence-corrected chi connectivity index (χ4v) is 5.17. The molecule has 1 aliphatic carbocycles. The van der Waals surface area contributed by atoms with Crippen molar-refractivity contribution < 1.29 is 12.6 Å². The van der Waals surface area contributed by atoms with Gasteiger partial charge in [0.15, 0.2) is 0 Å². The Hall–Kier alpha value is 0.570. The zero-order valence-corrected chi connectivity index (χ0v) is 14.8. The van der Waals surface area contributed by atoms with Crippen molar-refractivity contribution in [3.05, 3.63) is 30.3 Å². The Labute approximate surface area is 132 Å². The first-order chi connectivity index (χ1) is 8.27. The molecule has 1 aromatic rings. The van der Waals surface area contributed by atoms with Crippen LogP contribution < -0.4 is 0 Å². The van der Waals surface area contributed by atoms with Gasteiger partial charge in [-0.2, -0.15) is 8.42 Å². The quantitative estimate of drug-likeness (QED) is 0.493. The molecule has 0 spiro atoms. The molecule has 0 saturated heterocycles. The van der Waals surface area contributed by atoms with Crippen molar-refractivity contribution in [2.75, 3.05) is 6.61 Å². The van der Waals surface area contributed by atoms with Crippen LogP contribution in [0.2, 0.25) is 0 Å². The standard InChI is InChI=1S/C11H11Br3O3S/c12-10(8-11(10,13)14)6-7-17-18(15,16)9-4-2-1-3-5-9/h1-5H,6-8H2. The topological polar surface area (TPSA) is 43.4 Å². The maximum absolute atomic E-state index is 11.8. The number of halogens is 3. The summed E-state index contributed by atoms with van der Waals surface area (Å²) in [7, 11) is -3.64. The lowest BCUT2D eigenvalue weighted by molar-refractivity contribution is 0.309. The number of benzene rings is 1. The molecule has 100 valence electrons. The van der Waals surface area contributed by atoms with Crippen molar-refractivity contribution in [3.8, 4) is 0 Å². The molecule has 1 aliphatic rings. The molecule has 18 heavy (non-hydrogen) atoms. The van der Waals surface area contributed by atoms with Crippen LogP contribution in [0.3, 0.4) is 0 Å². The fraction of sp³-hybridized carbons (Fsp3) is 0.455. The van der Waals surface area contributed by atoms with E-state index in [0.29, 0.717) is 6.42 Å². The summed E-state index contributed by atoms with van der Waals surface area (Å²) < 4.78 is 28.4. The highest BCUT2D eigenvalue weighted by Crippen LogP contribution is 2.66. The summed E-state index contributed by atoms with van der Waals surface area (Å²) in [5.74, 6) is 0. The summed E-state index contributed by atoms with van der Waals surface area (Å²) in [6.45, 7) is 0.154. The molecule has 0 heterocycles. The van der Waals surface area contributed by atoms with Gasteiger partial charge < -0.3 is 0 Å². The SMILES string of the molecule is O=S(=O)(OCCC1(Br)CC1(Br)Br)c1ccccc1. The van der Waals surface area contributed by atoms with Crippen LogP contribution in [-0.4, -0.2) is 22.6 Å². The second-order valence-corrected chi connectivity index (χ2v) is 11.1. The molecule has 0 amide bonds. The molecule has 1 aromatic carbocycles. The average Bonchev–Trinajstić information content (AvgIpc) is 2.78. The maximum atomic E-state index is 11.8. The Morgan fingerprint density at radius 1 is 1.17 bits per heavy atom. The van der Waals surface area contributed by atoms with Gasteiger partial charge in [-0.1, -0.05) is 66.0 Å². The first-order valence-electron chi connectivity index (χ1n) is 5.28. The third-order valence-corrected chi connectivity index (χ3v) is 8.62. The smallest absolute Gasteiger partial charge is 0.266 e. The van der Waals surface area contributed by atoms with Crippen LogP contribution in [0.4, 0.5) is 0 Å². The van der Waals surface area contributed by atoms with Crippen LogP contribution in [-0.2, 0) is 14.3 Å². The summed E-state index contributed by atoms with van der Waals surface area (Å²) in [4.78, 5) is 0.188. The van der Waals surface area contributed by atoms with Crippen molar-refractivity contribution in [1.82, 2.24) is 0 Å². The molecule has 0 N–H and O–H groups in total. The van der Waals surface area contributed by atoms with Crippen molar-refractivity contribution >= 4 is 57.9 Å². The summed E-state index contributed by atoms with van der Waals surface area (Å²) >= 11 is 10.6. The van der Waals surface area contributed by atoms with Crippen molar-refractivity contribution in [2.24, 2.45) is 0 Å². The van der Waals surface area contributed by atoms with Crippen LogP contribution in [0.25, 0.3) is 0 Å². The predicted octanol–water partition coefficient (Wildman–Crippen LogP) is 3.81. The first kappa shape index (κ1) is 15.0. The molecule has 1 saturated carbocycles. The van der Waals surface area contributed by atoms with Gasteiger partial charge in [-0.3, -0.25) is 4.18 Å². The molecule has 0 aliphatic heterocycles. The third kappa shape index (κ3) is 3.17. The highest BCUT2D eigenvalue weighted by atomic mass is 79.9. The van der Waals surface area contributed by atoms with Gasteiger partial charge in [-0.15, -0.1) is 0 Å². The van der Waals surface area contributed by atoms with Crippen LogP contribution >= 0.6 is 47.8 Å². The Kier molecular flexibility index (Phi) is 4.29. The number of rotatable bonds is 5. The molecule has 1 fully saturated rings. The van der Waals surface area contributed by atoms with Gasteiger partial charge in [0.05, 0.1) is 19.1 Å².